The number of carbonyl (C=O) groups excluding carboxylic acids is 4. The van der Waals surface area contributed by atoms with E-state index in [0.29, 0.717) is 17.7 Å². The average Bonchev–Trinajstić information content (AvgIpc) is 3.50. The Hall–Kier alpha value is -3.62. The number of fused-ring (bicyclic) bond motifs is 5. The van der Waals surface area contributed by atoms with E-state index in [1.807, 2.05) is 0 Å². The fourth-order valence-corrected chi connectivity index (χ4v) is 7.73. The predicted octanol–water partition coefficient (Wildman–Crippen LogP) is 0.412. The molecule has 1 aromatic carbocycles. The maximum absolute atomic E-state index is 14.3. The van der Waals surface area contributed by atoms with Crippen molar-refractivity contribution in [2.75, 3.05) is 10.2 Å². The topological polar surface area (TPSA) is 150 Å². The second kappa shape index (κ2) is 7.44. The van der Waals surface area contributed by atoms with E-state index in [2.05, 4.69) is 11.4 Å². The molecular weight excluding hydrogens is 473 g/mol. The zero-order chi connectivity index (χ0) is 24.6. The zero-order valence-electron chi connectivity index (χ0n) is 18.5. The van der Waals surface area contributed by atoms with Crippen LogP contribution in [0.3, 0.4) is 0 Å². The summed E-state index contributed by atoms with van der Waals surface area (Å²) in [6.07, 6.45) is 3.13. The number of hydrogen-bond donors (Lipinski definition) is 3. The summed E-state index contributed by atoms with van der Waals surface area (Å²) in [6, 6.07) is 5.20. The molecule has 4 atom stereocenters. The molecule has 4 amide bonds. The summed E-state index contributed by atoms with van der Waals surface area (Å²) in [4.78, 5) is 55.1. The molecule has 3 aliphatic heterocycles. The molecule has 2 saturated heterocycles. The smallest absolute Gasteiger partial charge is 0.291 e. The minimum Gasteiger partial charge on any atom is -0.369 e. The van der Waals surface area contributed by atoms with E-state index in [1.54, 1.807) is 0 Å². The first-order valence-corrected chi connectivity index (χ1v) is 12.3. The Morgan fingerprint density at radius 3 is 2.80 bits per heavy atom. The number of primary amides is 1. The fourth-order valence-electron chi connectivity index (χ4n) is 6.38. The van der Waals surface area contributed by atoms with Crippen LogP contribution in [0.25, 0.3) is 0 Å². The number of benzene rings is 1. The van der Waals surface area contributed by atoms with Crippen LogP contribution in [0, 0.1) is 29.0 Å². The number of nitriles is 1. The largest absolute Gasteiger partial charge is 0.369 e. The van der Waals surface area contributed by atoms with Gasteiger partial charge in [-0.05, 0) is 49.4 Å². The Balaban J connectivity index is 1.53. The lowest BCUT2D eigenvalue weighted by atomic mass is 9.76. The summed E-state index contributed by atoms with van der Waals surface area (Å²) >= 11 is 1.26. The molecule has 5 N–H and O–H groups in total. The molecule has 0 radical (unpaired) electrons. The van der Waals surface area contributed by atoms with Gasteiger partial charge in [-0.15, -0.1) is 11.3 Å². The number of halogens is 1. The van der Waals surface area contributed by atoms with Crippen molar-refractivity contribution in [2.24, 2.45) is 17.6 Å². The molecule has 4 aliphatic rings. The lowest BCUT2D eigenvalue weighted by Crippen LogP contribution is -2.99. The number of thiophene rings is 1. The van der Waals surface area contributed by atoms with E-state index in [9.17, 15) is 28.8 Å². The Morgan fingerprint density at radius 1 is 1.29 bits per heavy atom. The van der Waals surface area contributed by atoms with Crippen LogP contribution in [0.5, 0.6) is 0 Å². The number of nitrogens with zero attached hydrogens (tertiary/aromatic N) is 2. The molecule has 1 spiro atoms. The van der Waals surface area contributed by atoms with Crippen LogP contribution >= 0.6 is 11.3 Å². The highest BCUT2D eigenvalue weighted by molar-refractivity contribution is 7.17. The van der Waals surface area contributed by atoms with Crippen molar-refractivity contribution in [3.05, 3.63) is 45.6 Å². The highest BCUT2D eigenvalue weighted by Crippen LogP contribution is 2.52. The summed E-state index contributed by atoms with van der Waals surface area (Å²) in [5.41, 5.74) is 5.65. The Bertz CT molecular complexity index is 1400. The lowest BCUT2D eigenvalue weighted by Gasteiger charge is -2.26. The number of nitrogens with two attached hydrogens (primary N) is 2. The van der Waals surface area contributed by atoms with Crippen LogP contribution in [-0.4, -0.2) is 29.7 Å². The maximum atomic E-state index is 14.3. The quantitative estimate of drug-likeness (QED) is 0.528. The Labute approximate surface area is 203 Å². The molecule has 9 nitrogen and oxygen atoms in total. The van der Waals surface area contributed by atoms with E-state index in [0.717, 1.165) is 34.6 Å². The molecule has 0 saturated carbocycles. The van der Waals surface area contributed by atoms with E-state index in [-0.39, 0.29) is 17.0 Å². The van der Waals surface area contributed by atoms with Gasteiger partial charge in [0.25, 0.3) is 5.91 Å². The Morgan fingerprint density at radius 2 is 2.06 bits per heavy atom. The minimum atomic E-state index is -1.62. The van der Waals surface area contributed by atoms with Gasteiger partial charge in [0, 0.05) is 10.4 Å². The summed E-state index contributed by atoms with van der Waals surface area (Å²) in [5.74, 6) is -5.20. The van der Waals surface area contributed by atoms with Crippen LogP contribution < -0.4 is 21.3 Å². The van der Waals surface area contributed by atoms with Crippen molar-refractivity contribution in [3.8, 4) is 6.07 Å². The molecule has 4 heterocycles. The number of aryl methyl sites for hydroxylation is 1. The van der Waals surface area contributed by atoms with Crippen molar-refractivity contribution in [1.82, 2.24) is 0 Å². The van der Waals surface area contributed by atoms with E-state index in [4.69, 9.17) is 5.73 Å². The van der Waals surface area contributed by atoms with Crippen LogP contribution in [0.15, 0.2) is 18.2 Å². The van der Waals surface area contributed by atoms with Gasteiger partial charge in [-0.1, -0.05) is 0 Å². The first kappa shape index (κ1) is 21.9. The number of nitrogens with one attached hydrogen (secondary N) is 1. The number of amides is 4. The van der Waals surface area contributed by atoms with Gasteiger partial charge in [0.15, 0.2) is 0 Å². The van der Waals surface area contributed by atoms with Gasteiger partial charge >= 0.3 is 0 Å². The molecule has 178 valence electrons. The average molecular weight is 495 g/mol. The highest BCUT2D eigenvalue weighted by Gasteiger charge is 2.74. The SMILES string of the molecule is N#Cc1c(N2C(=O)[C@H]3[C@@H](C2=O)[C@@]2([NH2+][C@@H]3CC(N)=O)C(=O)Nc3ccc(F)cc32)sc2c1CCCC2. The molecule has 2 aromatic rings. The van der Waals surface area contributed by atoms with Crippen molar-refractivity contribution in [3.63, 3.8) is 0 Å². The van der Waals surface area contributed by atoms with Gasteiger partial charge in [0.2, 0.25) is 23.3 Å². The number of carbonyl (C=O) groups is 4. The fraction of sp³-hybridized carbons (Fsp3) is 0.375. The third-order valence-corrected chi connectivity index (χ3v) is 9.01. The minimum absolute atomic E-state index is 0.236. The van der Waals surface area contributed by atoms with Crippen molar-refractivity contribution < 1.29 is 28.9 Å². The predicted molar refractivity (Wildman–Crippen MR) is 121 cm³/mol. The highest BCUT2D eigenvalue weighted by atomic mass is 32.1. The van der Waals surface area contributed by atoms with E-state index in [1.165, 1.54) is 34.9 Å². The van der Waals surface area contributed by atoms with E-state index < -0.39 is 52.9 Å². The van der Waals surface area contributed by atoms with Crippen molar-refractivity contribution in [1.29, 1.82) is 5.26 Å². The standard InChI is InChI=1S/C24H20FN5O4S/c25-10-5-6-14-13(7-10)24(23(34)28-14)19-18(15(29-24)8-17(27)31)20(32)30(21(19)33)22-12(9-26)11-3-1-2-4-16(11)35-22/h5-7,15,18-19,29H,1-4,8H2,(H2,27,31)(H,28,34)/p+1/t15-,18-,19+,24-/m1/s1. The second-order valence-electron chi connectivity index (χ2n) is 9.53. The maximum Gasteiger partial charge on any atom is 0.291 e. The molecule has 0 unspecified atom stereocenters. The third-order valence-electron chi connectivity index (χ3n) is 7.74. The first-order chi connectivity index (χ1) is 16.8. The monoisotopic (exact) mass is 494 g/mol. The van der Waals surface area contributed by atoms with Crippen molar-refractivity contribution in [2.45, 2.75) is 43.7 Å². The van der Waals surface area contributed by atoms with Gasteiger partial charge in [-0.3, -0.25) is 19.2 Å². The second-order valence-corrected chi connectivity index (χ2v) is 10.6. The van der Waals surface area contributed by atoms with Crippen LogP contribution in [-0.2, 0) is 37.6 Å². The van der Waals surface area contributed by atoms with Crippen LogP contribution in [0.4, 0.5) is 15.1 Å². The van der Waals surface area contributed by atoms with Gasteiger partial charge in [0.05, 0.1) is 17.7 Å². The first-order valence-electron chi connectivity index (χ1n) is 11.5. The van der Waals surface area contributed by atoms with Crippen LogP contribution in [0.1, 0.15) is 40.8 Å². The number of hydrogen-bond acceptors (Lipinski definition) is 6. The molecule has 1 aliphatic carbocycles. The molecule has 11 heteroatoms. The summed E-state index contributed by atoms with van der Waals surface area (Å²) < 4.78 is 14.3. The molecule has 2 fully saturated rings. The lowest BCUT2D eigenvalue weighted by molar-refractivity contribution is -0.732. The number of imide groups is 1. The number of quaternary nitrogens is 1. The normalized spacial score (nSPS) is 28.6. The summed E-state index contributed by atoms with van der Waals surface area (Å²) in [7, 11) is 0. The van der Waals surface area contributed by atoms with Crippen molar-refractivity contribution >= 4 is 45.7 Å². The molecular formula is C24H21FN5O4S+. The van der Waals surface area contributed by atoms with Gasteiger partial charge in [-0.25, -0.2) is 9.29 Å². The molecule has 0 bridgehead atoms. The number of rotatable bonds is 3. The molecule has 6 rings (SSSR count). The van der Waals surface area contributed by atoms with Gasteiger partial charge in [0.1, 0.15) is 34.8 Å². The zero-order valence-corrected chi connectivity index (χ0v) is 19.3. The summed E-state index contributed by atoms with van der Waals surface area (Å²) in [6.45, 7) is 0. The summed E-state index contributed by atoms with van der Waals surface area (Å²) in [5, 5.41) is 14.4. The van der Waals surface area contributed by atoms with E-state index >= 15 is 0 Å². The molecule has 35 heavy (non-hydrogen) atoms. The Kier molecular flexibility index (Phi) is 4.65. The van der Waals surface area contributed by atoms with Crippen LogP contribution in [0.2, 0.25) is 0 Å². The third kappa shape index (κ3) is 2.81. The number of anilines is 2. The van der Waals surface area contributed by atoms with Gasteiger partial charge < -0.3 is 16.4 Å². The molecule has 1 aromatic heterocycles. The van der Waals surface area contributed by atoms with Gasteiger partial charge in [-0.2, -0.15) is 5.26 Å².